The van der Waals surface area contributed by atoms with Crippen molar-refractivity contribution in [1.82, 2.24) is 30.2 Å². The molecule has 4 saturated heterocycles. The first-order valence-electron chi connectivity index (χ1n) is 21.3. The third-order valence-corrected chi connectivity index (χ3v) is 13.1. The number of hydrogen-bond acceptors (Lipinski definition) is 12. The average Bonchev–Trinajstić information content (AvgIpc) is 3.53. The Balaban J connectivity index is 0.755. The number of likely N-dealkylation sites (N-methyl/N-ethyl adjacent to an activating group) is 1. The lowest BCUT2D eigenvalue weighted by molar-refractivity contribution is -0.135. The summed E-state index contributed by atoms with van der Waals surface area (Å²) >= 11 is 0. The van der Waals surface area contributed by atoms with Crippen molar-refractivity contribution in [2.24, 2.45) is 0 Å². The molecule has 5 aliphatic heterocycles. The van der Waals surface area contributed by atoms with Crippen molar-refractivity contribution in [3.63, 3.8) is 0 Å². The second kappa shape index (κ2) is 16.9. The number of imide groups is 1. The van der Waals surface area contributed by atoms with Gasteiger partial charge in [0.2, 0.25) is 17.7 Å². The third-order valence-electron chi connectivity index (χ3n) is 13.1. The van der Waals surface area contributed by atoms with Crippen molar-refractivity contribution in [1.29, 1.82) is 0 Å². The first-order chi connectivity index (χ1) is 29.2. The Hall–Kier alpha value is -5.99. The highest BCUT2D eigenvalue weighted by Crippen LogP contribution is 2.39. The van der Waals surface area contributed by atoms with Crippen LogP contribution in [0.15, 0.2) is 84.9 Å². The number of carbonyl (C=O) groups is 3. The minimum Gasteiger partial charge on any atom is -0.507 e. The predicted octanol–water partition coefficient (Wildman–Crippen LogP) is 3.96. The molecule has 60 heavy (non-hydrogen) atoms. The summed E-state index contributed by atoms with van der Waals surface area (Å²) in [6, 6.07) is 26.7. The highest BCUT2D eigenvalue weighted by molar-refractivity contribution is 6.01. The molecule has 9 rings (SSSR count). The summed E-state index contributed by atoms with van der Waals surface area (Å²) in [5, 5.41) is 21.5. The maximum atomic E-state index is 13.5. The van der Waals surface area contributed by atoms with Gasteiger partial charge >= 0.3 is 0 Å². The van der Waals surface area contributed by atoms with E-state index in [4.69, 9.17) is 5.73 Å². The highest BCUT2D eigenvalue weighted by atomic mass is 16.3. The zero-order chi connectivity index (χ0) is 41.3. The molecule has 14 nitrogen and oxygen atoms in total. The summed E-state index contributed by atoms with van der Waals surface area (Å²) in [7, 11) is 1.91. The lowest BCUT2D eigenvalue weighted by Crippen LogP contribution is -2.54. The van der Waals surface area contributed by atoms with Crippen LogP contribution in [-0.4, -0.2) is 132 Å². The molecule has 2 bridgehead atoms. The number of nitrogen functional groups attached to an aromatic ring is 1. The molecule has 0 aliphatic carbocycles. The van der Waals surface area contributed by atoms with Gasteiger partial charge in [-0.15, -0.1) is 10.2 Å². The lowest BCUT2D eigenvalue weighted by Gasteiger charge is -2.43. The Labute approximate surface area is 351 Å². The molecule has 6 heterocycles. The summed E-state index contributed by atoms with van der Waals surface area (Å²) in [4.78, 5) is 51.2. The van der Waals surface area contributed by atoms with E-state index in [-0.39, 0.29) is 29.5 Å². The molecular formula is C46H54N10O4. The number of hydrogen-bond donors (Lipinski definition) is 3. The van der Waals surface area contributed by atoms with E-state index in [2.05, 4.69) is 77.6 Å². The van der Waals surface area contributed by atoms with Crippen LogP contribution in [0.25, 0.3) is 16.8 Å². The van der Waals surface area contributed by atoms with Crippen LogP contribution in [0.5, 0.6) is 5.75 Å². The van der Waals surface area contributed by atoms with E-state index in [1.165, 1.54) is 16.8 Å². The number of aromatic nitrogens is 2. The van der Waals surface area contributed by atoms with Crippen LogP contribution in [0, 0.1) is 0 Å². The van der Waals surface area contributed by atoms with Crippen LogP contribution >= 0.6 is 0 Å². The van der Waals surface area contributed by atoms with Crippen molar-refractivity contribution in [2.45, 2.75) is 56.8 Å². The van der Waals surface area contributed by atoms with Crippen LogP contribution in [0.3, 0.4) is 0 Å². The van der Waals surface area contributed by atoms with Crippen molar-refractivity contribution in [3.8, 4) is 17.0 Å². The zero-order valence-electron chi connectivity index (χ0n) is 34.2. The Morgan fingerprint density at radius 3 is 2.40 bits per heavy atom. The molecule has 4 N–H and O–H groups in total. The van der Waals surface area contributed by atoms with E-state index in [1.54, 1.807) is 12.1 Å². The molecule has 312 valence electrons. The fourth-order valence-electron chi connectivity index (χ4n) is 9.78. The van der Waals surface area contributed by atoms with Gasteiger partial charge in [0.25, 0.3) is 0 Å². The van der Waals surface area contributed by atoms with Gasteiger partial charge in [0, 0.05) is 101 Å². The molecule has 4 fully saturated rings. The predicted molar refractivity (Wildman–Crippen MR) is 233 cm³/mol. The number of para-hydroxylation sites is 1. The van der Waals surface area contributed by atoms with Crippen LogP contribution in [0.2, 0.25) is 0 Å². The third kappa shape index (κ3) is 8.26. The fourth-order valence-corrected chi connectivity index (χ4v) is 9.78. The van der Waals surface area contributed by atoms with E-state index < -0.39 is 0 Å². The van der Waals surface area contributed by atoms with Crippen molar-refractivity contribution in [2.75, 3.05) is 86.4 Å². The number of aromatic hydroxyl groups is 1. The molecule has 0 saturated carbocycles. The highest BCUT2D eigenvalue weighted by Gasteiger charge is 2.41. The van der Waals surface area contributed by atoms with Crippen LogP contribution in [0.1, 0.15) is 43.2 Å². The number of anilines is 4. The Kier molecular flexibility index (Phi) is 11.1. The number of piperidine rings is 1. The first-order valence-corrected chi connectivity index (χ1v) is 21.3. The maximum absolute atomic E-state index is 13.5. The topological polar surface area (TPSA) is 155 Å². The first kappa shape index (κ1) is 39.5. The summed E-state index contributed by atoms with van der Waals surface area (Å²) < 4.78 is 0. The minimum atomic E-state index is -0.367. The zero-order valence-corrected chi connectivity index (χ0v) is 34.2. The number of nitrogens with two attached hydrogens (primary N) is 1. The monoisotopic (exact) mass is 810 g/mol. The number of carbonyl (C=O) groups excluding carboxylic acids is 3. The number of nitrogens with one attached hydrogen (secondary N) is 1. The van der Waals surface area contributed by atoms with Crippen LogP contribution in [0.4, 0.5) is 22.9 Å². The lowest BCUT2D eigenvalue weighted by atomic mass is 9.98. The number of piperazine rings is 2. The molecule has 14 heteroatoms. The molecule has 1 aromatic heterocycles. The Morgan fingerprint density at radius 1 is 0.867 bits per heavy atom. The number of nitrogens with zero attached hydrogens (tertiary/aromatic N) is 8. The van der Waals surface area contributed by atoms with Gasteiger partial charge in [-0.2, -0.15) is 0 Å². The Bertz CT molecular complexity index is 2280. The van der Waals surface area contributed by atoms with E-state index in [0.29, 0.717) is 48.5 Å². The molecule has 0 radical (unpaired) electrons. The van der Waals surface area contributed by atoms with E-state index in [1.807, 2.05) is 47.2 Å². The van der Waals surface area contributed by atoms with Gasteiger partial charge in [-0.1, -0.05) is 42.5 Å². The fraction of sp³-hybridized carbons (Fsp3) is 0.413. The Morgan fingerprint density at radius 2 is 1.65 bits per heavy atom. The van der Waals surface area contributed by atoms with E-state index in [0.717, 1.165) is 95.1 Å². The summed E-state index contributed by atoms with van der Waals surface area (Å²) in [5.41, 5.74) is 14.4. The molecule has 3 amide bonds. The number of fused-ring (bicyclic) bond motifs is 2. The second-order valence-corrected chi connectivity index (χ2v) is 16.9. The summed E-state index contributed by atoms with van der Waals surface area (Å²) in [5.74, 6) is 0.310. The summed E-state index contributed by atoms with van der Waals surface area (Å²) in [6.45, 7) is 7.62. The molecule has 5 aliphatic rings. The van der Waals surface area contributed by atoms with Crippen LogP contribution in [-0.2, 0) is 20.9 Å². The maximum Gasteiger partial charge on any atom is 0.249 e. The van der Waals surface area contributed by atoms with Crippen LogP contribution < -0.4 is 25.8 Å². The second-order valence-electron chi connectivity index (χ2n) is 16.9. The van der Waals surface area contributed by atoms with Gasteiger partial charge in [-0.3, -0.25) is 29.5 Å². The molecule has 1 unspecified atom stereocenters. The van der Waals surface area contributed by atoms with Gasteiger partial charge in [0.15, 0.2) is 5.82 Å². The van der Waals surface area contributed by atoms with E-state index in [9.17, 15) is 19.5 Å². The number of rotatable bonds is 10. The van der Waals surface area contributed by atoms with Gasteiger partial charge in [0.05, 0.1) is 17.9 Å². The largest absolute Gasteiger partial charge is 0.507 e. The van der Waals surface area contributed by atoms with Crippen molar-refractivity contribution < 1.29 is 19.5 Å². The molecule has 3 atom stereocenters. The number of phenols is 1. The normalized spacial score (nSPS) is 22.4. The van der Waals surface area contributed by atoms with Gasteiger partial charge < -0.3 is 30.4 Å². The molecular weight excluding hydrogens is 757 g/mol. The van der Waals surface area contributed by atoms with E-state index >= 15 is 0 Å². The van der Waals surface area contributed by atoms with Gasteiger partial charge in [-0.25, -0.2) is 0 Å². The van der Waals surface area contributed by atoms with Gasteiger partial charge in [0.1, 0.15) is 11.8 Å². The quantitative estimate of drug-likeness (QED) is 0.199. The standard InChI is InChI=1S/C46H54N10O4/c1-51(40-14-15-43(58)48-46(40)60)34-8-5-7-33(25-34)32-16-18-52(19-17-32)30-44(59)54-22-20-53(21-23-54)27-31-6-4-9-35(24-31)56-36-12-13-37(56)29-55(28-36)41-26-39(49-50-45(41)47)38-10-2-3-11-42(38)57/h2-11,16,24-26,36-37,40,57H,12-15,17-23,27-30H2,1H3,(H2,47,50)(H,48,58,60)/t36-,37+,40?. The van der Waals surface area contributed by atoms with Crippen molar-refractivity contribution >= 4 is 46.2 Å². The average molecular weight is 811 g/mol. The smallest absolute Gasteiger partial charge is 0.249 e. The minimum absolute atomic E-state index is 0.170. The van der Waals surface area contributed by atoms with Crippen molar-refractivity contribution in [3.05, 3.63) is 96.1 Å². The summed E-state index contributed by atoms with van der Waals surface area (Å²) in [6.07, 6.45) is 6.16. The molecule has 4 aromatic rings. The number of benzene rings is 3. The molecule has 3 aromatic carbocycles. The van der Waals surface area contributed by atoms with Gasteiger partial charge in [-0.05, 0) is 84.8 Å². The number of phenolic OH excluding ortho intramolecular Hbond substituents is 1. The number of amides is 3. The molecule has 0 spiro atoms. The SMILES string of the molecule is CN(c1cccc(C2=CCN(CC(=O)N3CCN(Cc4cccc(N5[C@@H]6CC[C@H]5CN(c5cc(-c7ccccc7O)nnc5N)C6)c4)CC3)CC2)c1)C1CCC(=O)NC1=O.